The number of para-hydroxylation sites is 1. The van der Waals surface area contributed by atoms with E-state index >= 15 is 0 Å². The summed E-state index contributed by atoms with van der Waals surface area (Å²) in [6, 6.07) is 17.1. The van der Waals surface area contributed by atoms with Crippen molar-refractivity contribution < 1.29 is 9.59 Å². The maximum Gasteiger partial charge on any atom is 0.234 e. The molecule has 0 aliphatic carbocycles. The summed E-state index contributed by atoms with van der Waals surface area (Å²) >= 11 is 1.33. The number of fused-ring (bicyclic) bond motifs is 3. The third-order valence-corrected chi connectivity index (χ3v) is 5.26. The molecule has 2 N–H and O–H groups in total. The Bertz CT molecular complexity index is 1230. The van der Waals surface area contributed by atoms with Gasteiger partial charge in [0.1, 0.15) is 0 Å². The number of hydrogen-bond acceptors (Lipinski definition) is 5. The number of aryl methyl sites for hydroxylation is 1. The summed E-state index contributed by atoms with van der Waals surface area (Å²) in [4.78, 5) is 23.6. The highest BCUT2D eigenvalue weighted by atomic mass is 32.2. The van der Waals surface area contributed by atoms with Crippen LogP contribution in [0, 0.1) is 6.92 Å². The van der Waals surface area contributed by atoms with E-state index in [1.165, 1.54) is 18.7 Å². The number of nitrogens with one attached hydrogen (secondary N) is 2. The van der Waals surface area contributed by atoms with Crippen LogP contribution in [0.1, 0.15) is 12.5 Å². The van der Waals surface area contributed by atoms with Crippen LogP contribution in [-0.2, 0) is 9.59 Å². The Kier molecular flexibility index (Phi) is 5.18. The number of nitrogens with zero attached hydrogens (tertiary/aromatic N) is 3. The zero-order valence-corrected chi connectivity index (χ0v) is 16.8. The van der Waals surface area contributed by atoms with Crippen LogP contribution in [0.3, 0.4) is 0 Å². The Morgan fingerprint density at radius 2 is 1.76 bits per heavy atom. The van der Waals surface area contributed by atoms with Crippen molar-refractivity contribution in [3.63, 3.8) is 0 Å². The highest BCUT2D eigenvalue weighted by molar-refractivity contribution is 7.99. The summed E-state index contributed by atoms with van der Waals surface area (Å²) in [6.07, 6.45) is 0. The molecule has 0 spiro atoms. The van der Waals surface area contributed by atoms with E-state index < -0.39 is 0 Å². The molecule has 2 aromatic carbocycles. The van der Waals surface area contributed by atoms with E-state index in [-0.39, 0.29) is 17.6 Å². The zero-order chi connectivity index (χ0) is 20.4. The fraction of sp³-hybridized carbons (Fsp3) is 0.143. The molecule has 146 valence electrons. The zero-order valence-electron chi connectivity index (χ0n) is 16.0. The maximum atomic E-state index is 12.4. The summed E-state index contributed by atoms with van der Waals surface area (Å²) in [6.45, 7) is 3.44. The third-order valence-electron chi connectivity index (χ3n) is 4.33. The Hall–Kier alpha value is -3.39. The third kappa shape index (κ3) is 4.07. The summed E-state index contributed by atoms with van der Waals surface area (Å²) in [5.41, 5.74) is 4.07. The molecule has 29 heavy (non-hydrogen) atoms. The van der Waals surface area contributed by atoms with Gasteiger partial charge in [-0.25, -0.2) is 0 Å². The lowest BCUT2D eigenvalue weighted by molar-refractivity contribution is -0.114. The maximum absolute atomic E-state index is 12.4. The van der Waals surface area contributed by atoms with Crippen LogP contribution in [0.4, 0.5) is 11.4 Å². The van der Waals surface area contributed by atoms with Gasteiger partial charge in [-0.1, -0.05) is 36.0 Å². The average molecular weight is 405 g/mol. The number of rotatable bonds is 5. The lowest BCUT2D eigenvalue weighted by atomic mass is 10.1. The molecule has 0 bridgehead atoms. The Balaban J connectivity index is 1.51. The first-order valence-corrected chi connectivity index (χ1v) is 10.0. The smallest absolute Gasteiger partial charge is 0.234 e. The van der Waals surface area contributed by atoms with Crippen LogP contribution in [0.25, 0.3) is 16.6 Å². The van der Waals surface area contributed by atoms with E-state index in [0.29, 0.717) is 16.5 Å². The van der Waals surface area contributed by atoms with Crippen molar-refractivity contribution in [2.75, 3.05) is 16.4 Å². The summed E-state index contributed by atoms with van der Waals surface area (Å²) in [5.74, 6) is -0.137. The molecule has 8 heteroatoms. The lowest BCUT2D eigenvalue weighted by Gasteiger charge is -2.08. The van der Waals surface area contributed by atoms with Gasteiger partial charge >= 0.3 is 0 Å². The number of pyridine rings is 1. The van der Waals surface area contributed by atoms with Gasteiger partial charge in [-0.3, -0.25) is 14.0 Å². The molecule has 0 atom stereocenters. The number of aromatic nitrogens is 3. The Morgan fingerprint density at radius 1 is 1.00 bits per heavy atom. The number of hydrogen-bond donors (Lipinski definition) is 2. The molecular formula is C21H19N5O2S. The van der Waals surface area contributed by atoms with Gasteiger partial charge in [-0.05, 0) is 48.2 Å². The Labute approximate surface area is 171 Å². The van der Waals surface area contributed by atoms with E-state index in [2.05, 4.69) is 26.9 Å². The summed E-state index contributed by atoms with van der Waals surface area (Å²) in [5, 5.41) is 15.9. The van der Waals surface area contributed by atoms with Gasteiger partial charge in [0.2, 0.25) is 11.8 Å². The van der Waals surface area contributed by atoms with E-state index in [4.69, 9.17) is 0 Å². The first kappa shape index (κ1) is 18.9. The second kappa shape index (κ2) is 7.92. The van der Waals surface area contributed by atoms with Gasteiger partial charge < -0.3 is 10.6 Å². The van der Waals surface area contributed by atoms with Crippen LogP contribution >= 0.6 is 11.8 Å². The number of benzene rings is 2. The molecule has 4 aromatic rings. The molecule has 7 nitrogen and oxygen atoms in total. The number of thioether (sulfide) groups is 1. The molecule has 0 aliphatic heterocycles. The van der Waals surface area contributed by atoms with E-state index in [1.807, 2.05) is 35.6 Å². The second-order valence-electron chi connectivity index (χ2n) is 6.63. The van der Waals surface area contributed by atoms with Gasteiger partial charge in [0.05, 0.1) is 11.3 Å². The predicted molar refractivity (Wildman–Crippen MR) is 115 cm³/mol. The lowest BCUT2D eigenvalue weighted by Crippen LogP contribution is -2.14. The molecule has 0 unspecified atom stereocenters. The fourth-order valence-electron chi connectivity index (χ4n) is 3.15. The molecule has 0 aliphatic rings. The standard InChI is InChI=1S/C21H19N5O2S/c1-13-10-15-6-3-4-9-18(15)26-20(13)24-25-21(26)29-12-19(28)23-17-8-5-7-16(11-17)22-14(2)27/h3-11H,12H2,1-2H3,(H,22,27)(H,23,28). The highest BCUT2D eigenvalue weighted by Gasteiger charge is 2.14. The molecule has 0 radical (unpaired) electrons. The highest BCUT2D eigenvalue weighted by Crippen LogP contribution is 2.25. The second-order valence-corrected chi connectivity index (χ2v) is 7.57. The van der Waals surface area contributed by atoms with Crippen molar-refractivity contribution in [1.82, 2.24) is 14.6 Å². The molecule has 2 aromatic heterocycles. The molecule has 2 amide bonds. The minimum atomic E-state index is -0.163. The predicted octanol–water partition coefficient (Wildman–Crippen LogP) is 3.88. The van der Waals surface area contributed by atoms with E-state index in [9.17, 15) is 9.59 Å². The largest absolute Gasteiger partial charge is 0.326 e. The van der Waals surface area contributed by atoms with Crippen molar-refractivity contribution in [2.45, 2.75) is 19.0 Å². The van der Waals surface area contributed by atoms with Crippen molar-refractivity contribution in [3.05, 3.63) is 60.2 Å². The van der Waals surface area contributed by atoms with E-state index in [1.54, 1.807) is 24.3 Å². The van der Waals surface area contributed by atoms with Gasteiger partial charge in [0.25, 0.3) is 0 Å². The average Bonchev–Trinajstić information content (AvgIpc) is 3.11. The molecule has 0 saturated heterocycles. The minimum absolute atomic E-state index is 0.162. The summed E-state index contributed by atoms with van der Waals surface area (Å²) in [7, 11) is 0. The van der Waals surface area contributed by atoms with Crippen LogP contribution < -0.4 is 10.6 Å². The molecule has 2 heterocycles. The quantitative estimate of drug-likeness (QED) is 0.492. The summed E-state index contributed by atoms with van der Waals surface area (Å²) < 4.78 is 1.99. The van der Waals surface area contributed by atoms with Crippen molar-refractivity contribution in [3.8, 4) is 0 Å². The number of carbonyl (C=O) groups is 2. The number of anilines is 2. The van der Waals surface area contributed by atoms with Gasteiger partial charge in [0.15, 0.2) is 10.8 Å². The Morgan fingerprint density at radius 3 is 2.55 bits per heavy atom. The number of amides is 2. The van der Waals surface area contributed by atoms with Crippen molar-refractivity contribution in [1.29, 1.82) is 0 Å². The molecule has 4 rings (SSSR count). The first-order chi connectivity index (χ1) is 14.0. The van der Waals surface area contributed by atoms with Crippen molar-refractivity contribution >= 4 is 51.5 Å². The fourth-order valence-corrected chi connectivity index (χ4v) is 3.90. The van der Waals surface area contributed by atoms with Crippen LogP contribution in [0.15, 0.2) is 59.8 Å². The number of carbonyl (C=O) groups excluding carboxylic acids is 2. The molecule has 0 fully saturated rings. The monoisotopic (exact) mass is 405 g/mol. The molecule has 0 saturated carbocycles. The van der Waals surface area contributed by atoms with Gasteiger partial charge in [0, 0.05) is 18.3 Å². The topological polar surface area (TPSA) is 88.4 Å². The van der Waals surface area contributed by atoms with Gasteiger partial charge in [-0.15, -0.1) is 10.2 Å². The van der Waals surface area contributed by atoms with Crippen LogP contribution in [-0.4, -0.2) is 32.2 Å². The first-order valence-electron chi connectivity index (χ1n) is 9.05. The SMILES string of the molecule is CC(=O)Nc1cccc(NC(=O)CSc2nnc3c(C)cc4ccccc4n23)c1. The van der Waals surface area contributed by atoms with Crippen LogP contribution in [0.5, 0.6) is 0 Å². The van der Waals surface area contributed by atoms with Gasteiger partial charge in [-0.2, -0.15) is 0 Å². The normalized spacial score (nSPS) is 11.0. The molecular weight excluding hydrogens is 386 g/mol. The van der Waals surface area contributed by atoms with E-state index in [0.717, 1.165) is 22.1 Å². The van der Waals surface area contributed by atoms with Crippen LogP contribution in [0.2, 0.25) is 0 Å². The minimum Gasteiger partial charge on any atom is -0.326 e. The van der Waals surface area contributed by atoms with Crippen molar-refractivity contribution in [2.24, 2.45) is 0 Å².